The summed E-state index contributed by atoms with van der Waals surface area (Å²) in [4.78, 5) is 14.3. The van der Waals surface area contributed by atoms with Crippen LogP contribution in [0.15, 0.2) is 30.3 Å². The third-order valence-electron chi connectivity index (χ3n) is 3.20. The molecule has 98 valence electrons. The lowest BCUT2D eigenvalue weighted by molar-refractivity contribution is -0.122. The van der Waals surface area contributed by atoms with Crippen LogP contribution in [0.2, 0.25) is 0 Å². The van der Waals surface area contributed by atoms with Crippen molar-refractivity contribution in [3.8, 4) is 0 Å². The second-order valence-corrected chi connectivity index (χ2v) is 4.53. The molecule has 0 bridgehead atoms. The predicted molar refractivity (Wildman–Crippen MR) is 71.4 cm³/mol. The molecule has 1 unspecified atom stereocenters. The summed E-state index contributed by atoms with van der Waals surface area (Å²) in [5.41, 5.74) is 6.49. The topological polar surface area (TPSA) is 55.6 Å². The van der Waals surface area contributed by atoms with Gasteiger partial charge in [-0.25, -0.2) is 0 Å². The van der Waals surface area contributed by atoms with Crippen molar-refractivity contribution in [2.45, 2.75) is 12.8 Å². The van der Waals surface area contributed by atoms with Crippen LogP contribution >= 0.6 is 0 Å². The molecule has 4 nitrogen and oxygen atoms in total. The highest BCUT2D eigenvalue weighted by Crippen LogP contribution is 2.21. The van der Waals surface area contributed by atoms with Crippen LogP contribution in [0.3, 0.4) is 0 Å². The van der Waals surface area contributed by atoms with E-state index in [1.165, 1.54) is 0 Å². The maximum Gasteiger partial charge on any atom is 0.232 e. The van der Waals surface area contributed by atoms with E-state index in [1.54, 1.807) is 0 Å². The zero-order valence-corrected chi connectivity index (χ0v) is 10.5. The molecule has 1 aromatic rings. The Bertz CT molecular complexity index is 375. The van der Waals surface area contributed by atoms with Crippen molar-refractivity contribution in [1.29, 1.82) is 0 Å². The number of para-hydroxylation sites is 1. The van der Waals surface area contributed by atoms with Gasteiger partial charge in [-0.3, -0.25) is 4.79 Å². The summed E-state index contributed by atoms with van der Waals surface area (Å²) < 4.78 is 5.30. The van der Waals surface area contributed by atoms with Crippen LogP contribution in [0.25, 0.3) is 0 Å². The number of nitrogens with two attached hydrogens (primary N) is 1. The number of ether oxygens (including phenoxy) is 1. The lowest BCUT2D eigenvalue weighted by atomic mass is 10.1. The van der Waals surface area contributed by atoms with Gasteiger partial charge < -0.3 is 15.4 Å². The van der Waals surface area contributed by atoms with Crippen molar-refractivity contribution in [3.05, 3.63) is 30.3 Å². The molecular formula is C14H20N2O2. The van der Waals surface area contributed by atoms with E-state index < -0.39 is 0 Å². The lowest BCUT2D eigenvalue weighted by Crippen LogP contribution is -2.38. The Morgan fingerprint density at radius 3 is 2.78 bits per heavy atom. The van der Waals surface area contributed by atoms with Crippen LogP contribution in [0.1, 0.15) is 12.8 Å². The first-order valence-electron chi connectivity index (χ1n) is 6.47. The molecule has 1 amide bonds. The summed E-state index contributed by atoms with van der Waals surface area (Å²) in [6.07, 6.45) is 1.64. The van der Waals surface area contributed by atoms with E-state index in [4.69, 9.17) is 10.5 Å². The number of anilines is 1. The normalized spacial score (nSPS) is 18.8. The van der Waals surface area contributed by atoms with E-state index in [0.29, 0.717) is 26.3 Å². The Hall–Kier alpha value is -1.39. The number of nitrogens with zero attached hydrogens (tertiary/aromatic N) is 1. The summed E-state index contributed by atoms with van der Waals surface area (Å²) in [7, 11) is 0. The number of hydrogen-bond donors (Lipinski definition) is 1. The number of hydrogen-bond acceptors (Lipinski definition) is 3. The molecule has 0 saturated carbocycles. The zero-order chi connectivity index (χ0) is 12.8. The van der Waals surface area contributed by atoms with Gasteiger partial charge in [-0.05, 0) is 31.5 Å². The first kappa shape index (κ1) is 13.1. The molecule has 1 aromatic carbocycles. The van der Waals surface area contributed by atoms with Crippen LogP contribution in [-0.2, 0) is 9.53 Å². The van der Waals surface area contributed by atoms with Gasteiger partial charge in [-0.2, -0.15) is 0 Å². The molecule has 1 atom stereocenters. The van der Waals surface area contributed by atoms with E-state index in [1.807, 2.05) is 35.2 Å². The first-order valence-corrected chi connectivity index (χ1v) is 6.47. The monoisotopic (exact) mass is 248 g/mol. The summed E-state index contributed by atoms with van der Waals surface area (Å²) in [5.74, 6) is 0.162. The van der Waals surface area contributed by atoms with Gasteiger partial charge in [0.15, 0.2) is 0 Å². The Kier molecular flexibility index (Phi) is 4.73. The van der Waals surface area contributed by atoms with Crippen LogP contribution in [-0.4, -0.2) is 32.2 Å². The van der Waals surface area contributed by atoms with Gasteiger partial charge in [-0.15, -0.1) is 0 Å². The molecule has 18 heavy (non-hydrogen) atoms. The van der Waals surface area contributed by atoms with Gasteiger partial charge in [-0.1, -0.05) is 18.2 Å². The minimum atomic E-state index is 0.00276. The van der Waals surface area contributed by atoms with E-state index >= 15 is 0 Å². The first-order chi connectivity index (χ1) is 8.83. The molecule has 1 saturated heterocycles. The average molecular weight is 248 g/mol. The fraction of sp³-hybridized carbons (Fsp3) is 0.500. The van der Waals surface area contributed by atoms with Crippen LogP contribution < -0.4 is 10.6 Å². The number of rotatable bonds is 5. The molecule has 1 fully saturated rings. The third-order valence-corrected chi connectivity index (χ3v) is 3.20. The second-order valence-electron chi connectivity index (χ2n) is 4.53. The van der Waals surface area contributed by atoms with E-state index in [-0.39, 0.29) is 11.8 Å². The van der Waals surface area contributed by atoms with Gasteiger partial charge in [0.2, 0.25) is 5.91 Å². The number of carbonyl (C=O) groups is 1. The van der Waals surface area contributed by atoms with Gasteiger partial charge in [0.05, 0.1) is 12.5 Å². The lowest BCUT2D eigenvalue weighted by Gasteiger charge is -2.25. The fourth-order valence-electron chi connectivity index (χ4n) is 2.17. The molecule has 0 aliphatic carbocycles. The molecular weight excluding hydrogens is 228 g/mol. The SMILES string of the molecule is NCCCN(C(=O)C1CCOC1)c1ccccc1. The molecule has 1 aliphatic heterocycles. The van der Waals surface area contributed by atoms with E-state index in [0.717, 1.165) is 18.5 Å². The molecule has 4 heteroatoms. The summed E-state index contributed by atoms with van der Waals surface area (Å²) in [6.45, 7) is 2.51. The van der Waals surface area contributed by atoms with Crippen LogP contribution in [0, 0.1) is 5.92 Å². The van der Waals surface area contributed by atoms with Crippen molar-refractivity contribution in [3.63, 3.8) is 0 Å². The highest BCUT2D eigenvalue weighted by atomic mass is 16.5. The van der Waals surface area contributed by atoms with Crippen molar-refractivity contribution >= 4 is 11.6 Å². The quantitative estimate of drug-likeness (QED) is 0.857. The number of amides is 1. The molecule has 0 aromatic heterocycles. The van der Waals surface area contributed by atoms with Crippen LogP contribution in [0.4, 0.5) is 5.69 Å². The molecule has 0 spiro atoms. The number of benzene rings is 1. The van der Waals surface area contributed by atoms with Gasteiger partial charge in [0.25, 0.3) is 0 Å². The molecule has 2 rings (SSSR count). The van der Waals surface area contributed by atoms with Crippen molar-refractivity contribution in [1.82, 2.24) is 0 Å². The summed E-state index contributed by atoms with van der Waals surface area (Å²) in [6, 6.07) is 9.77. The minimum absolute atomic E-state index is 0.00276. The maximum absolute atomic E-state index is 12.5. The van der Waals surface area contributed by atoms with Crippen molar-refractivity contribution in [2.75, 3.05) is 31.2 Å². The highest BCUT2D eigenvalue weighted by molar-refractivity contribution is 5.95. The fourth-order valence-corrected chi connectivity index (χ4v) is 2.17. The maximum atomic E-state index is 12.5. The van der Waals surface area contributed by atoms with Crippen molar-refractivity contribution < 1.29 is 9.53 Å². The summed E-state index contributed by atoms with van der Waals surface area (Å²) >= 11 is 0. The number of carbonyl (C=O) groups excluding carboxylic acids is 1. The van der Waals surface area contributed by atoms with E-state index in [2.05, 4.69) is 0 Å². The third kappa shape index (κ3) is 3.09. The highest BCUT2D eigenvalue weighted by Gasteiger charge is 2.28. The largest absolute Gasteiger partial charge is 0.381 e. The van der Waals surface area contributed by atoms with Gasteiger partial charge in [0, 0.05) is 18.8 Å². The van der Waals surface area contributed by atoms with Crippen molar-refractivity contribution in [2.24, 2.45) is 11.7 Å². The zero-order valence-electron chi connectivity index (χ0n) is 10.5. The smallest absolute Gasteiger partial charge is 0.232 e. The Morgan fingerprint density at radius 1 is 1.39 bits per heavy atom. The van der Waals surface area contributed by atoms with Crippen LogP contribution in [0.5, 0.6) is 0 Å². The predicted octanol–water partition coefficient (Wildman–Crippen LogP) is 1.40. The molecule has 0 radical (unpaired) electrons. The average Bonchev–Trinajstić information content (AvgIpc) is 2.94. The standard InChI is InChI=1S/C14H20N2O2/c15-8-4-9-16(13-5-2-1-3-6-13)14(17)12-7-10-18-11-12/h1-3,5-6,12H,4,7-11,15H2. The second kappa shape index (κ2) is 6.52. The molecule has 1 aliphatic rings. The van der Waals surface area contributed by atoms with Gasteiger partial charge in [0.1, 0.15) is 0 Å². The van der Waals surface area contributed by atoms with Gasteiger partial charge >= 0.3 is 0 Å². The molecule has 1 heterocycles. The Labute approximate surface area is 108 Å². The minimum Gasteiger partial charge on any atom is -0.381 e. The molecule has 2 N–H and O–H groups in total. The Morgan fingerprint density at radius 2 is 2.17 bits per heavy atom. The Balaban J connectivity index is 2.11. The van der Waals surface area contributed by atoms with E-state index in [9.17, 15) is 4.79 Å². The summed E-state index contributed by atoms with van der Waals surface area (Å²) in [5, 5.41) is 0.